The van der Waals surface area contributed by atoms with E-state index in [4.69, 9.17) is 4.42 Å². The van der Waals surface area contributed by atoms with Gasteiger partial charge in [-0.2, -0.15) is 9.83 Å². The third-order valence-corrected chi connectivity index (χ3v) is 9.07. The summed E-state index contributed by atoms with van der Waals surface area (Å²) in [6.45, 7) is 11.5. The molecule has 34 heavy (non-hydrogen) atoms. The van der Waals surface area contributed by atoms with Gasteiger partial charge in [0.2, 0.25) is 5.69 Å². The molecule has 0 N–H and O–H groups in total. The quantitative estimate of drug-likeness (QED) is 0.219. The Morgan fingerprint density at radius 3 is 2.26 bits per heavy atom. The molecule has 5 rings (SSSR count). The van der Waals surface area contributed by atoms with Crippen molar-refractivity contribution in [1.82, 2.24) is 0 Å². The molecular weight excluding hydrogens is 432 g/mol. The Morgan fingerprint density at radius 1 is 0.853 bits per heavy atom. The molecule has 0 spiro atoms. The van der Waals surface area contributed by atoms with E-state index in [0.29, 0.717) is 5.56 Å². The molecule has 0 unspecified atom stereocenters. The Labute approximate surface area is 201 Å². The van der Waals surface area contributed by atoms with E-state index in [9.17, 15) is 5.26 Å². The largest absolute Gasteiger partial charge is 0.454 e. The van der Waals surface area contributed by atoms with Crippen LogP contribution in [0.2, 0.25) is 19.6 Å². The molecular formula is C30H29N2OSi+. The second-order valence-corrected chi connectivity index (χ2v) is 15.1. The average molecular weight is 462 g/mol. The molecule has 3 aromatic carbocycles. The summed E-state index contributed by atoms with van der Waals surface area (Å²) < 4.78 is 8.98. The third kappa shape index (κ3) is 3.36. The van der Waals surface area contributed by atoms with Gasteiger partial charge >= 0.3 is 0 Å². The smallest absolute Gasteiger partial charge is 0.216 e. The Morgan fingerprint density at radius 2 is 1.59 bits per heavy atom. The number of fused-ring (bicyclic) bond motifs is 3. The molecule has 0 fully saturated rings. The van der Waals surface area contributed by atoms with Gasteiger partial charge in [-0.25, -0.2) is 0 Å². The van der Waals surface area contributed by atoms with Crippen LogP contribution in [-0.4, -0.2) is 8.07 Å². The Kier molecular flexibility index (Phi) is 5.19. The predicted molar refractivity (Wildman–Crippen MR) is 143 cm³/mol. The fourth-order valence-corrected chi connectivity index (χ4v) is 6.93. The standard InChI is InChI=1S/C30H29N2OSi/c1-19-12-14-24-28-22(18-31)13-15-23(21-10-8-7-9-11-21)29(28)33-30(24)27(19)25-16-17-26(34(4,5)6)20(2)32(25)3/h7-17H,1-6H3/q+1. The van der Waals surface area contributed by atoms with Crippen molar-refractivity contribution in [1.29, 1.82) is 5.26 Å². The number of furan rings is 1. The van der Waals surface area contributed by atoms with Gasteiger partial charge in [0.05, 0.1) is 25.3 Å². The minimum absolute atomic E-state index is 0.637. The highest BCUT2D eigenvalue weighted by molar-refractivity contribution is 6.88. The van der Waals surface area contributed by atoms with Crippen molar-refractivity contribution >= 4 is 35.2 Å². The fourth-order valence-electron chi connectivity index (χ4n) is 5.10. The van der Waals surface area contributed by atoms with E-state index in [-0.39, 0.29) is 0 Å². The van der Waals surface area contributed by atoms with Gasteiger partial charge in [0.15, 0.2) is 5.69 Å². The van der Waals surface area contributed by atoms with Gasteiger partial charge in [-0.3, -0.25) is 0 Å². The molecule has 0 aliphatic heterocycles. The van der Waals surface area contributed by atoms with Gasteiger partial charge in [-0.1, -0.05) is 68.2 Å². The molecule has 0 saturated carbocycles. The van der Waals surface area contributed by atoms with Gasteiger partial charge in [0.25, 0.3) is 0 Å². The van der Waals surface area contributed by atoms with E-state index in [1.807, 2.05) is 30.3 Å². The zero-order valence-corrected chi connectivity index (χ0v) is 21.7. The molecule has 0 aliphatic carbocycles. The van der Waals surface area contributed by atoms with Crippen LogP contribution in [0.5, 0.6) is 0 Å². The molecule has 2 aromatic heterocycles. The van der Waals surface area contributed by atoms with Crippen LogP contribution < -0.4 is 9.75 Å². The van der Waals surface area contributed by atoms with Crippen LogP contribution in [0.4, 0.5) is 0 Å². The second kappa shape index (κ2) is 7.97. The van der Waals surface area contributed by atoms with E-state index in [1.54, 1.807) is 0 Å². The van der Waals surface area contributed by atoms with Crippen molar-refractivity contribution in [3.63, 3.8) is 0 Å². The SMILES string of the molecule is Cc1ccc2c(oc3c(-c4ccccc4)ccc(C#N)c32)c1-c1ccc([Si](C)(C)C)c(C)[n+]1C. The lowest BCUT2D eigenvalue weighted by Gasteiger charge is -2.18. The molecule has 0 saturated heterocycles. The van der Waals surface area contributed by atoms with Crippen molar-refractivity contribution < 1.29 is 8.98 Å². The summed E-state index contributed by atoms with van der Waals surface area (Å²) in [5.74, 6) is 0. The van der Waals surface area contributed by atoms with Gasteiger partial charge in [-0.15, -0.1) is 0 Å². The number of nitrogens with zero attached hydrogens (tertiary/aromatic N) is 2. The molecule has 168 valence electrons. The summed E-state index contributed by atoms with van der Waals surface area (Å²) in [4.78, 5) is 0. The van der Waals surface area contributed by atoms with E-state index >= 15 is 0 Å². The number of benzene rings is 3. The molecule has 0 aliphatic rings. The van der Waals surface area contributed by atoms with E-state index in [0.717, 1.165) is 49.9 Å². The Balaban J connectivity index is 1.88. The zero-order chi connectivity index (χ0) is 24.2. The zero-order valence-electron chi connectivity index (χ0n) is 20.7. The lowest BCUT2D eigenvalue weighted by atomic mass is 9.96. The minimum atomic E-state index is -1.46. The maximum atomic E-state index is 9.91. The van der Waals surface area contributed by atoms with Gasteiger partial charge < -0.3 is 4.42 Å². The number of aryl methyl sites for hydroxylation is 1. The molecule has 3 nitrogen and oxygen atoms in total. The van der Waals surface area contributed by atoms with Crippen LogP contribution in [0.25, 0.3) is 44.3 Å². The molecule has 0 bridgehead atoms. The fraction of sp³-hybridized carbons (Fsp3) is 0.200. The number of rotatable bonds is 3. The van der Waals surface area contributed by atoms with Gasteiger partial charge in [0.1, 0.15) is 18.2 Å². The van der Waals surface area contributed by atoms with E-state index < -0.39 is 8.07 Å². The molecule has 0 amide bonds. The highest BCUT2D eigenvalue weighted by Gasteiger charge is 2.28. The van der Waals surface area contributed by atoms with Crippen molar-refractivity contribution in [2.75, 3.05) is 0 Å². The van der Waals surface area contributed by atoms with Crippen molar-refractivity contribution in [2.45, 2.75) is 33.5 Å². The van der Waals surface area contributed by atoms with Crippen LogP contribution in [0.15, 0.2) is 71.1 Å². The molecule has 4 heteroatoms. The minimum Gasteiger partial charge on any atom is -0.454 e. The summed E-state index contributed by atoms with van der Waals surface area (Å²) in [6.07, 6.45) is 0. The molecule has 0 radical (unpaired) electrons. The van der Waals surface area contributed by atoms with Crippen molar-refractivity contribution in [3.8, 4) is 28.5 Å². The molecule has 2 heterocycles. The first-order chi connectivity index (χ1) is 16.2. The first-order valence-corrected chi connectivity index (χ1v) is 15.2. The normalized spacial score (nSPS) is 11.8. The van der Waals surface area contributed by atoms with Gasteiger partial charge in [-0.05, 0) is 30.2 Å². The van der Waals surface area contributed by atoms with Crippen LogP contribution in [-0.2, 0) is 7.05 Å². The number of aromatic nitrogens is 1. The van der Waals surface area contributed by atoms with E-state index in [2.05, 4.69) is 87.6 Å². The summed E-state index contributed by atoms with van der Waals surface area (Å²) in [5, 5.41) is 13.2. The first-order valence-electron chi connectivity index (χ1n) is 11.7. The summed E-state index contributed by atoms with van der Waals surface area (Å²) in [5.41, 5.74) is 8.99. The monoisotopic (exact) mass is 461 g/mol. The number of hydrogen-bond donors (Lipinski definition) is 0. The second-order valence-electron chi connectivity index (χ2n) is 10.1. The van der Waals surface area contributed by atoms with Crippen LogP contribution in [0.3, 0.4) is 0 Å². The van der Waals surface area contributed by atoms with Crippen molar-refractivity contribution in [3.05, 3.63) is 83.6 Å². The average Bonchev–Trinajstić information content (AvgIpc) is 3.20. The topological polar surface area (TPSA) is 40.8 Å². The number of hydrogen-bond acceptors (Lipinski definition) is 2. The molecule has 5 aromatic rings. The summed E-state index contributed by atoms with van der Waals surface area (Å²) in [7, 11) is 0.680. The first kappa shape index (κ1) is 22.1. The maximum absolute atomic E-state index is 9.91. The number of pyridine rings is 1. The van der Waals surface area contributed by atoms with Crippen LogP contribution >= 0.6 is 0 Å². The van der Waals surface area contributed by atoms with Crippen LogP contribution in [0.1, 0.15) is 16.8 Å². The third-order valence-electron chi connectivity index (χ3n) is 6.93. The van der Waals surface area contributed by atoms with Crippen LogP contribution in [0, 0.1) is 25.2 Å². The van der Waals surface area contributed by atoms with E-state index in [1.165, 1.54) is 10.9 Å². The summed E-state index contributed by atoms with van der Waals surface area (Å²) in [6, 6.07) is 25.3. The lowest BCUT2D eigenvalue weighted by molar-refractivity contribution is -0.665. The van der Waals surface area contributed by atoms with Crippen molar-refractivity contribution in [2.24, 2.45) is 7.05 Å². The Hall–Kier alpha value is -3.68. The number of nitriles is 1. The predicted octanol–water partition coefficient (Wildman–Crippen LogP) is 6.78. The lowest BCUT2D eigenvalue weighted by Crippen LogP contribution is -2.49. The summed E-state index contributed by atoms with van der Waals surface area (Å²) >= 11 is 0. The highest BCUT2D eigenvalue weighted by atomic mass is 28.3. The Bertz CT molecular complexity index is 1620. The maximum Gasteiger partial charge on any atom is 0.216 e. The highest BCUT2D eigenvalue weighted by Crippen LogP contribution is 2.41. The molecule has 0 atom stereocenters. The van der Waals surface area contributed by atoms with Gasteiger partial charge in [0, 0.05) is 34.5 Å².